The Morgan fingerprint density at radius 1 is 1.45 bits per heavy atom. The van der Waals surface area contributed by atoms with Crippen LogP contribution < -0.4 is 16.3 Å². The van der Waals surface area contributed by atoms with Crippen LogP contribution in [0.3, 0.4) is 0 Å². The van der Waals surface area contributed by atoms with E-state index in [1.807, 2.05) is 13.8 Å². The molecule has 1 aromatic heterocycles. The average molecular weight is 458 g/mol. The molecule has 0 aliphatic carbocycles. The highest BCUT2D eigenvalue weighted by atomic mass is 31.2. The lowest BCUT2D eigenvalue weighted by Gasteiger charge is -2.33. The number of aromatic nitrogens is 3. The lowest BCUT2D eigenvalue weighted by Crippen LogP contribution is -2.42. The van der Waals surface area contributed by atoms with E-state index in [2.05, 4.69) is 15.2 Å². The van der Waals surface area contributed by atoms with Crippen LogP contribution in [0.1, 0.15) is 46.3 Å². The first-order chi connectivity index (χ1) is 14.7. The van der Waals surface area contributed by atoms with Crippen LogP contribution in [-0.2, 0) is 18.8 Å². The number of hydrogen-bond acceptors (Lipinski definition) is 8. The molecule has 0 aromatic carbocycles. The minimum Gasteiger partial charge on any atom is -0.464 e. The Kier molecular flexibility index (Phi) is 7.51. The number of hydrogen-bond donors (Lipinski definition) is 3. The highest BCUT2D eigenvalue weighted by Crippen LogP contribution is 2.53. The standard InChI is InChI=1S/C19H31N4O7P/c1-4-12(5-2)9-29-18(26)11(3)22-31(28)7-6-14-13(10-31)16(25)17(30-14)23-19(27)21-15(24)8-20-23/h8,11-14,16-17,25H,4-7,9-10H2,1-3H3,(H,22,28)(H,21,24,27)/t11-,13+,14+,16+,17+,31?/m0/s1. The van der Waals surface area contributed by atoms with Crippen LogP contribution in [-0.4, -0.2) is 63.0 Å². The lowest BCUT2D eigenvalue weighted by atomic mass is 9.98. The summed E-state index contributed by atoms with van der Waals surface area (Å²) in [6.07, 6.45) is 0.975. The van der Waals surface area contributed by atoms with Gasteiger partial charge in [-0.05, 0) is 19.3 Å². The van der Waals surface area contributed by atoms with Gasteiger partial charge in [-0.1, -0.05) is 26.7 Å². The molecule has 0 spiro atoms. The van der Waals surface area contributed by atoms with Crippen molar-refractivity contribution in [1.29, 1.82) is 0 Å². The number of nitrogens with one attached hydrogen (secondary N) is 2. The lowest BCUT2D eigenvalue weighted by molar-refractivity contribution is -0.146. The SMILES string of the molecule is CCC(CC)COC(=O)[C@H](C)NP1(=O)CC[C@H]2O[C@@H](n3ncc(=O)[nH]c3=O)[C@H](O)[C@@H]2C1. The van der Waals surface area contributed by atoms with Crippen LogP contribution in [0.25, 0.3) is 0 Å². The highest BCUT2D eigenvalue weighted by Gasteiger charge is 2.51. The van der Waals surface area contributed by atoms with Crippen molar-refractivity contribution < 1.29 is 23.9 Å². The van der Waals surface area contributed by atoms with Crippen LogP contribution in [0.5, 0.6) is 0 Å². The Hall–Kier alpha value is -1.81. The van der Waals surface area contributed by atoms with E-state index in [9.17, 15) is 24.1 Å². The van der Waals surface area contributed by atoms with Crippen molar-refractivity contribution in [2.24, 2.45) is 11.8 Å². The summed E-state index contributed by atoms with van der Waals surface area (Å²) in [7, 11) is -2.99. The third-order valence-electron chi connectivity index (χ3n) is 6.18. The summed E-state index contributed by atoms with van der Waals surface area (Å²) >= 11 is 0. The first-order valence-electron chi connectivity index (χ1n) is 10.7. The number of rotatable bonds is 8. The molecule has 0 radical (unpaired) electrons. The Morgan fingerprint density at radius 3 is 2.81 bits per heavy atom. The maximum Gasteiger partial charge on any atom is 0.347 e. The zero-order valence-corrected chi connectivity index (χ0v) is 18.9. The quantitative estimate of drug-likeness (QED) is 0.372. The van der Waals surface area contributed by atoms with E-state index in [4.69, 9.17) is 9.47 Å². The molecule has 12 heteroatoms. The highest BCUT2D eigenvalue weighted by molar-refractivity contribution is 7.62. The van der Waals surface area contributed by atoms with Gasteiger partial charge in [0.2, 0.25) is 0 Å². The Morgan fingerprint density at radius 2 is 2.16 bits per heavy atom. The molecule has 2 aliphatic heterocycles. The molecular formula is C19H31N4O7P. The number of carbonyl (C=O) groups is 1. The van der Waals surface area contributed by atoms with Gasteiger partial charge in [0.25, 0.3) is 5.56 Å². The largest absolute Gasteiger partial charge is 0.464 e. The summed E-state index contributed by atoms with van der Waals surface area (Å²) in [6, 6.07) is -0.740. The van der Waals surface area contributed by atoms with Crippen LogP contribution in [0.4, 0.5) is 0 Å². The molecule has 174 valence electrons. The number of esters is 1. The molecule has 1 unspecified atom stereocenters. The van der Waals surface area contributed by atoms with Gasteiger partial charge in [-0.15, -0.1) is 0 Å². The summed E-state index contributed by atoms with van der Waals surface area (Å²) in [4.78, 5) is 37.7. The van der Waals surface area contributed by atoms with E-state index in [1.165, 1.54) is 0 Å². The van der Waals surface area contributed by atoms with Crippen molar-refractivity contribution in [3.8, 4) is 0 Å². The maximum atomic E-state index is 13.4. The number of aromatic amines is 1. The fourth-order valence-electron chi connectivity index (χ4n) is 4.19. The first kappa shape index (κ1) is 23.8. The minimum atomic E-state index is -2.99. The molecular weight excluding hydrogens is 427 g/mol. The molecule has 6 atom stereocenters. The van der Waals surface area contributed by atoms with E-state index in [-0.39, 0.29) is 6.16 Å². The van der Waals surface area contributed by atoms with E-state index in [0.717, 1.165) is 23.7 Å². The summed E-state index contributed by atoms with van der Waals surface area (Å²) < 4.78 is 25.5. The van der Waals surface area contributed by atoms with Gasteiger partial charge in [0.1, 0.15) is 25.6 Å². The van der Waals surface area contributed by atoms with Gasteiger partial charge in [-0.3, -0.25) is 19.7 Å². The maximum absolute atomic E-state index is 13.4. The van der Waals surface area contributed by atoms with E-state index >= 15 is 0 Å². The molecule has 2 saturated heterocycles. The number of aliphatic hydroxyl groups excluding tert-OH is 1. The smallest absolute Gasteiger partial charge is 0.347 e. The molecule has 0 amide bonds. The van der Waals surface area contributed by atoms with Crippen LogP contribution in [0.2, 0.25) is 0 Å². The molecule has 11 nitrogen and oxygen atoms in total. The second-order valence-corrected chi connectivity index (χ2v) is 11.2. The fraction of sp³-hybridized carbons (Fsp3) is 0.789. The number of fused-ring (bicyclic) bond motifs is 1. The van der Waals surface area contributed by atoms with Crippen LogP contribution in [0.15, 0.2) is 15.8 Å². The molecule has 3 heterocycles. The number of H-pyrrole nitrogens is 1. The summed E-state index contributed by atoms with van der Waals surface area (Å²) in [5.74, 6) is -0.643. The fourth-order valence-corrected chi connectivity index (χ4v) is 7.22. The molecule has 3 N–H and O–H groups in total. The van der Waals surface area contributed by atoms with Gasteiger partial charge in [-0.2, -0.15) is 9.78 Å². The zero-order valence-electron chi connectivity index (χ0n) is 18.0. The van der Waals surface area contributed by atoms with Crippen molar-refractivity contribution in [1.82, 2.24) is 19.9 Å². The second-order valence-electron chi connectivity index (χ2n) is 8.35. The number of ether oxygens (including phenoxy) is 2. The Labute approximate surface area is 179 Å². The third kappa shape index (κ3) is 5.34. The topological polar surface area (TPSA) is 153 Å². The molecule has 2 aliphatic rings. The van der Waals surface area contributed by atoms with Gasteiger partial charge < -0.3 is 19.1 Å². The van der Waals surface area contributed by atoms with Gasteiger partial charge in [0.05, 0.1) is 12.7 Å². The van der Waals surface area contributed by atoms with E-state index in [0.29, 0.717) is 25.1 Å². The van der Waals surface area contributed by atoms with Crippen molar-refractivity contribution in [2.75, 3.05) is 18.9 Å². The molecule has 1 aromatic rings. The minimum absolute atomic E-state index is 0.123. The molecule has 31 heavy (non-hydrogen) atoms. The number of aliphatic hydroxyl groups is 1. The van der Waals surface area contributed by atoms with E-state index in [1.54, 1.807) is 6.92 Å². The van der Waals surface area contributed by atoms with E-state index < -0.39 is 54.9 Å². The summed E-state index contributed by atoms with van der Waals surface area (Å²) in [5.41, 5.74) is -1.43. The van der Waals surface area contributed by atoms with Crippen molar-refractivity contribution in [2.45, 2.75) is 64.5 Å². The summed E-state index contributed by atoms with van der Waals surface area (Å²) in [6.45, 7) is 6.04. The van der Waals surface area contributed by atoms with Gasteiger partial charge in [-0.25, -0.2) is 4.79 Å². The van der Waals surface area contributed by atoms with Gasteiger partial charge >= 0.3 is 11.7 Å². The second kappa shape index (κ2) is 9.77. The Bertz CT molecular complexity index is 944. The molecule has 0 saturated carbocycles. The van der Waals surface area contributed by atoms with Crippen LogP contribution in [0, 0.1) is 11.8 Å². The average Bonchev–Trinajstić information content (AvgIpc) is 3.03. The Balaban J connectivity index is 1.63. The first-order valence-corrected chi connectivity index (χ1v) is 12.8. The predicted molar refractivity (Wildman–Crippen MR) is 112 cm³/mol. The van der Waals surface area contributed by atoms with Gasteiger partial charge in [0.15, 0.2) is 6.23 Å². The monoisotopic (exact) mass is 458 g/mol. The van der Waals surface area contributed by atoms with Crippen molar-refractivity contribution in [3.05, 3.63) is 27.0 Å². The van der Waals surface area contributed by atoms with Crippen molar-refractivity contribution >= 4 is 13.3 Å². The zero-order chi connectivity index (χ0) is 22.8. The summed E-state index contributed by atoms with van der Waals surface area (Å²) in [5, 5.41) is 17.4. The number of nitrogens with zero attached hydrogens (tertiary/aromatic N) is 2. The van der Waals surface area contributed by atoms with Crippen molar-refractivity contribution in [3.63, 3.8) is 0 Å². The predicted octanol–water partition coefficient (Wildman–Crippen LogP) is 0.445. The van der Waals surface area contributed by atoms with Crippen LogP contribution >= 0.6 is 7.29 Å². The number of carbonyl (C=O) groups excluding carboxylic acids is 1. The molecule has 2 fully saturated rings. The molecule has 0 bridgehead atoms. The van der Waals surface area contributed by atoms with Gasteiger partial charge in [0, 0.05) is 18.2 Å². The molecule has 3 rings (SSSR count). The normalized spacial score (nSPS) is 31.4. The third-order valence-corrected chi connectivity index (χ3v) is 9.03.